The molecule has 0 rings (SSSR count). The summed E-state index contributed by atoms with van der Waals surface area (Å²) in [6.07, 6.45) is 53.5. The van der Waals surface area contributed by atoms with Crippen LogP contribution in [0, 0.1) is 11.8 Å². The number of aliphatic hydroxyl groups excluding tert-OH is 1. The van der Waals surface area contributed by atoms with E-state index in [2.05, 4.69) is 65.8 Å². The summed E-state index contributed by atoms with van der Waals surface area (Å²) >= 11 is 0. The summed E-state index contributed by atoms with van der Waals surface area (Å²) in [5.41, 5.74) is 0. The molecule has 0 aromatic rings. The zero-order valence-corrected chi connectivity index (χ0v) is 61.1. The van der Waals surface area contributed by atoms with Crippen molar-refractivity contribution in [3.8, 4) is 0 Å². The fraction of sp³-hybridized carbons (Fsp3) is 0.890. The molecule has 0 aliphatic rings. The smallest absolute Gasteiger partial charge is 0.462 e. The van der Waals surface area contributed by atoms with Crippen molar-refractivity contribution in [2.24, 2.45) is 11.8 Å². The minimum atomic E-state index is -4.96. The maximum absolute atomic E-state index is 13.0. The first kappa shape index (κ1) is 89.5. The number of rotatable bonds is 70. The minimum absolute atomic E-state index is 0.100. The molecule has 0 aromatic heterocycles. The molecule has 0 radical (unpaired) electrons. The number of aliphatic hydroxyl groups is 1. The standard InChI is InChI=1S/C73H138O17P2/c1-7-10-12-14-16-18-20-21-22-25-29-32-36-43-49-55-70(75)83-61-68(89-73(78)58-52-46-38-34-30-26-23-24-28-31-35-41-47-53-65(4)5)63-87-91(79,80)85-59-67(74)60-86-92(81,82)88-64-69(62-84-71(76)56-50-44-40-39-42-48-54-66(6)9-3)90-72(77)57-51-45-37-33-27-19-17-15-13-11-8-2/h18,20-22,65-69,74H,7-17,19,23-64H2,1-6H3,(H,79,80)(H,81,82)/b20-18-,22-21-/t66?,67-,68-,69-/m1/s1. The lowest BCUT2D eigenvalue weighted by Gasteiger charge is -2.21. The van der Waals surface area contributed by atoms with Crippen LogP contribution < -0.4 is 0 Å². The molecule has 0 amide bonds. The normalized spacial score (nSPS) is 14.5. The van der Waals surface area contributed by atoms with Crippen LogP contribution in [0.1, 0.15) is 350 Å². The second-order valence-electron chi connectivity index (χ2n) is 26.4. The molecule has 19 heteroatoms. The van der Waals surface area contributed by atoms with Gasteiger partial charge < -0.3 is 33.8 Å². The third-order valence-corrected chi connectivity index (χ3v) is 18.6. The lowest BCUT2D eigenvalue weighted by atomic mass is 10.00. The van der Waals surface area contributed by atoms with Crippen LogP contribution in [0.2, 0.25) is 0 Å². The third kappa shape index (κ3) is 64.9. The van der Waals surface area contributed by atoms with Crippen LogP contribution >= 0.6 is 15.6 Å². The van der Waals surface area contributed by atoms with Crippen molar-refractivity contribution < 1.29 is 80.2 Å². The average molecular weight is 1350 g/mol. The molecule has 0 bridgehead atoms. The Bertz CT molecular complexity index is 1880. The van der Waals surface area contributed by atoms with Crippen molar-refractivity contribution >= 4 is 39.5 Å². The fourth-order valence-corrected chi connectivity index (χ4v) is 12.1. The van der Waals surface area contributed by atoms with Crippen LogP contribution in [0.15, 0.2) is 24.3 Å². The molecule has 542 valence electrons. The second kappa shape index (κ2) is 64.5. The average Bonchev–Trinajstić information content (AvgIpc) is 1.72. The van der Waals surface area contributed by atoms with E-state index in [0.29, 0.717) is 25.7 Å². The van der Waals surface area contributed by atoms with Gasteiger partial charge in [0, 0.05) is 25.7 Å². The Morgan fingerprint density at radius 3 is 0.978 bits per heavy atom. The highest BCUT2D eigenvalue weighted by atomic mass is 31.2. The highest BCUT2D eigenvalue weighted by molar-refractivity contribution is 7.47. The monoisotopic (exact) mass is 1350 g/mol. The molecule has 17 nitrogen and oxygen atoms in total. The van der Waals surface area contributed by atoms with Crippen molar-refractivity contribution in [2.75, 3.05) is 39.6 Å². The first-order chi connectivity index (χ1) is 44.4. The number of esters is 4. The molecule has 0 spiro atoms. The van der Waals surface area contributed by atoms with E-state index in [4.69, 9.17) is 37.0 Å². The van der Waals surface area contributed by atoms with Gasteiger partial charge >= 0.3 is 39.5 Å². The summed E-state index contributed by atoms with van der Waals surface area (Å²) in [6, 6.07) is 0. The van der Waals surface area contributed by atoms with E-state index < -0.39 is 97.5 Å². The van der Waals surface area contributed by atoms with Gasteiger partial charge in [-0.1, -0.05) is 297 Å². The van der Waals surface area contributed by atoms with Gasteiger partial charge in [0.05, 0.1) is 26.4 Å². The van der Waals surface area contributed by atoms with Gasteiger partial charge in [0.1, 0.15) is 19.3 Å². The van der Waals surface area contributed by atoms with Crippen molar-refractivity contribution in [3.63, 3.8) is 0 Å². The Kier molecular flexibility index (Phi) is 62.8. The van der Waals surface area contributed by atoms with E-state index in [0.717, 1.165) is 127 Å². The number of unbranched alkanes of at least 4 members (excludes halogenated alkanes) is 36. The van der Waals surface area contributed by atoms with E-state index in [1.54, 1.807) is 0 Å². The maximum atomic E-state index is 13.0. The second-order valence-corrected chi connectivity index (χ2v) is 29.3. The van der Waals surface area contributed by atoms with Crippen LogP contribution in [0.5, 0.6) is 0 Å². The molecule has 3 unspecified atom stereocenters. The number of phosphoric acid groups is 2. The van der Waals surface area contributed by atoms with Crippen molar-refractivity contribution in [3.05, 3.63) is 24.3 Å². The van der Waals surface area contributed by atoms with Gasteiger partial charge in [-0.05, 0) is 63.2 Å². The lowest BCUT2D eigenvalue weighted by Crippen LogP contribution is -2.30. The first-order valence-electron chi connectivity index (χ1n) is 37.3. The van der Waals surface area contributed by atoms with Gasteiger partial charge in [-0.15, -0.1) is 0 Å². The van der Waals surface area contributed by atoms with Gasteiger partial charge in [0.2, 0.25) is 0 Å². The predicted molar refractivity (Wildman–Crippen MR) is 372 cm³/mol. The molecule has 6 atom stereocenters. The zero-order chi connectivity index (χ0) is 67.9. The number of ether oxygens (including phenoxy) is 4. The molecule has 0 aliphatic heterocycles. The zero-order valence-electron chi connectivity index (χ0n) is 59.3. The van der Waals surface area contributed by atoms with Gasteiger partial charge in [-0.2, -0.15) is 0 Å². The van der Waals surface area contributed by atoms with Crippen LogP contribution in [-0.2, 0) is 65.4 Å². The summed E-state index contributed by atoms with van der Waals surface area (Å²) in [7, 11) is -9.92. The van der Waals surface area contributed by atoms with Gasteiger partial charge in [0.15, 0.2) is 12.2 Å². The summed E-state index contributed by atoms with van der Waals surface area (Å²) in [6.45, 7) is 9.47. The van der Waals surface area contributed by atoms with Crippen molar-refractivity contribution in [1.29, 1.82) is 0 Å². The Labute approximate surface area is 561 Å². The molecule has 0 fully saturated rings. The Morgan fingerprint density at radius 2 is 0.641 bits per heavy atom. The largest absolute Gasteiger partial charge is 0.472 e. The fourth-order valence-electron chi connectivity index (χ4n) is 10.5. The molecule has 0 saturated heterocycles. The molecule has 0 aliphatic carbocycles. The van der Waals surface area contributed by atoms with Crippen molar-refractivity contribution in [2.45, 2.75) is 368 Å². The number of phosphoric ester groups is 2. The third-order valence-electron chi connectivity index (χ3n) is 16.7. The Hall–Kier alpha value is -2.46. The molecule has 0 saturated carbocycles. The highest BCUT2D eigenvalue weighted by Gasteiger charge is 2.30. The number of hydrogen-bond donors (Lipinski definition) is 3. The quantitative estimate of drug-likeness (QED) is 0.0169. The van der Waals surface area contributed by atoms with E-state index in [1.165, 1.54) is 141 Å². The molecular weight excluding hydrogens is 1210 g/mol. The highest BCUT2D eigenvalue weighted by Crippen LogP contribution is 2.45. The molecule has 0 aromatic carbocycles. The number of allylic oxidation sites excluding steroid dienone is 4. The van der Waals surface area contributed by atoms with Gasteiger partial charge in [-0.3, -0.25) is 37.3 Å². The molecule has 3 N–H and O–H groups in total. The van der Waals surface area contributed by atoms with Crippen molar-refractivity contribution in [1.82, 2.24) is 0 Å². The predicted octanol–water partition coefficient (Wildman–Crippen LogP) is 20.7. The van der Waals surface area contributed by atoms with Crippen LogP contribution in [0.4, 0.5) is 0 Å². The summed E-state index contributed by atoms with van der Waals surface area (Å²) < 4.78 is 68.3. The number of carbonyl (C=O) groups excluding carboxylic acids is 4. The van der Waals surface area contributed by atoms with E-state index in [-0.39, 0.29) is 25.7 Å². The summed E-state index contributed by atoms with van der Waals surface area (Å²) in [5, 5.41) is 10.6. The first-order valence-corrected chi connectivity index (χ1v) is 40.3. The van der Waals surface area contributed by atoms with Crippen LogP contribution in [-0.4, -0.2) is 96.7 Å². The SMILES string of the molecule is CCCCCC/C=C\C=C/CCCCCCCC(=O)OC[C@H](COP(=O)(O)OC[C@@H](O)COP(=O)(O)OC[C@@H](COC(=O)CCCCCCCCC(C)CC)OC(=O)CCCCCCCCCCCCC)OC(=O)CCCCCCCCCCCCCCCC(C)C. The van der Waals surface area contributed by atoms with E-state index >= 15 is 0 Å². The lowest BCUT2D eigenvalue weighted by molar-refractivity contribution is -0.161. The molecule has 92 heavy (non-hydrogen) atoms. The number of carbonyl (C=O) groups is 4. The Balaban J connectivity index is 5.28. The number of hydrogen-bond acceptors (Lipinski definition) is 15. The van der Waals surface area contributed by atoms with Crippen LogP contribution in [0.25, 0.3) is 0 Å². The minimum Gasteiger partial charge on any atom is -0.462 e. The van der Waals surface area contributed by atoms with E-state index in [9.17, 15) is 43.2 Å². The summed E-state index contributed by atoms with van der Waals surface area (Å²) in [4.78, 5) is 72.6. The van der Waals surface area contributed by atoms with Crippen LogP contribution in [0.3, 0.4) is 0 Å². The van der Waals surface area contributed by atoms with Gasteiger partial charge in [0.25, 0.3) is 0 Å². The van der Waals surface area contributed by atoms with E-state index in [1.807, 2.05) is 0 Å². The molecular formula is C73H138O17P2. The topological polar surface area (TPSA) is 237 Å². The molecule has 0 heterocycles. The van der Waals surface area contributed by atoms with Gasteiger partial charge in [-0.25, -0.2) is 9.13 Å². The summed E-state index contributed by atoms with van der Waals surface area (Å²) in [5.74, 6) is -0.637. The Morgan fingerprint density at radius 1 is 0.359 bits per heavy atom. The maximum Gasteiger partial charge on any atom is 0.472 e.